The van der Waals surface area contributed by atoms with Gasteiger partial charge >= 0.3 is 0 Å². The molecule has 200 valence electrons. The quantitative estimate of drug-likeness (QED) is 0.207. The van der Waals surface area contributed by atoms with E-state index in [1.165, 1.54) is 36.8 Å². The molecular formula is C30H38N6O2. The number of anilines is 3. The van der Waals surface area contributed by atoms with Gasteiger partial charge in [-0.3, -0.25) is 0 Å². The Labute approximate surface area is 224 Å². The molecule has 4 N–H and O–H groups in total. The second-order valence-corrected chi connectivity index (χ2v) is 10.3. The van der Waals surface area contributed by atoms with Gasteiger partial charge < -0.3 is 25.5 Å². The van der Waals surface area contributed by atoms with Crippen LogP contribution in [0, 0.1) is 11.8 Å². The Hall–Kier alpha value is -3.62. The number of hydrogen-bond donors (Lipinski definition) is 4. The van der Waals surface area contributed by atoms with Crippen LogP contribution in [0.4, 0.5) is 17.5 Å². The Morgan fingerprint density at radius 3 is 2.32 bits per heavy atom. The molecule has 0 bridgehead atoms. The van der Waals surface area contributed by atoms with Gasteiger partial charge in [-0.25, -0.2) is 4.98 Å². The summed E-state index contributed by atoms with van der Waals surface area (Å²) in [5, 5.41) is 19.2. The van der Waals surface area contributed by atoms with Crippen molar-refractivity contribution in [2.75, 3.05) is 55.9 Å². The van der Waals surface area contributed by atoms with Crippen molar-refractivity contribution in [3.63, 3.8) is 0 Å². The third-order valence-electron chi connectivity index (χ3n) is 7.42. The van der Waals surface area contributed by atoms with E-state index < -0.39 is 0 Å². The molecule has 5 rings (SSSR count). The topological polar surface area (TPSA) is 94.6 Å². The number of hydroxylamine groups is 1. The maximum atomic E-state index is 9.21. The number of nitrogens with zero attached hydrogens (tertiary/aromatic N) is 3. The van der Waals surface area contributed by atoms with Crippen molar-refractivity contribution in [3.8, 4) is 5.75 Å². The SMILES string of the molecule is CN(C)c1cccc2c(ONCC3CCC(CNc4nc(NCCO)c5ccccc5n4)CC3)cccc12. The molecule has 0 unspecified atom stereocenters. The first-order valence-corrected chi connectivity index (χ1v) is 13.6. The Balaban J connectivity index is 1.10. The number of aromatic nitrogens is 2. The highest BCUT2D eigenvalue weighted by Gasteiger charge is 2.22. The van der Waals surface area contributed by atoms with Crippen molar-refractivity contribution in [1.29, 1.82) is 0 Å². The van der Waals surface area contributed by atoms with E-state index in [1.54, 1.807) is 0 Å². The maximum absolute atomic E-state index is 9.21. The molecule has 4 aromatic rings. The van der Waals surface area contributed by atoms with Crippen LogP contribution in [0.3, 0.4) is 0 Å². The van der Waals surface area contributed by atoms with Crippen molar-refractivity contribution in [2.24, 2.45) is 11.8 Å². The molecular weight excluding hydrogens is 476 g/mol. The molecule has 0 spiro atoms. The largest absolute Gasteiger partial charge is 0.408 e. The van der Waals surface area contributed by atoms with E-state index in [2.05, 4.69) is 70.4 Å². The van der Waals surface area contributed by atoms with E-state index >= 15 is 0 Å². The lowest BCUT2D eigenvalue weighted by molar-refractivity contribution is 0.157. The summed E-state index contributed by atoms with van der Waals surface area (Å²) < 4.78 is 0. The minimum atomic E-state index is 0.0591. The fraction of sp³-hybridized carbons (Fsp3) is 0.400. The molecule has 1 aromatic heterocycles. The summed E-state index contributed by atoms with van der Waals surface area (Å²) in [6.45, 7) is 2.22. The number of aliphatic hydroxyl groups is 1. The van der Waals surface area contributed by atoms with Crippen LogP contribution in [0.2, 0.25) is 0 Å². The van der Waals surface area contributed by atoms with Crippen LogP contribution >= 0.6 is 0 Å². The van der Waals surface area contributed by atoms with Crippen LogP contribution < -0.4 is 25.9 Å². The average Bonchev–Trinajstić information content (AvgIpc) is 2.95. The Kier molecular flexibility index (Phi) is 8.41. The number of para-hydroxylation sites is 1. The number of benzene rings is 3. The normalized spacial score (nSPS) is 17.4. The van der Waals surface area contributed by atoms with E-state index in [4.69, 9.17) is 9.82 Å². The van der Waals surface area contributed by atoms with Crippen LogP contribution in [0.15, 0.2) is 60.7 Å². The number of aliphatic hydroxyl groups excluding tert-OH is 1. The molecule has 1 aliphatic rings. The molecule has 0 amide bonds. The molecule has 1 heterocycles. The van der Waals surface area contributed by atoms with E-state index in [9.17, 15) is 5.11 Å². The van der Waals surface area contributed by atoms with Gasteiger partial charge in [-0.15, -0.1) is 0 Å². The first kappa shape index (κ1) is 26.0. The van der Waals surface area contributed by atoms with Gasteiger partial charge in [0.25, 0.3) is 0 Å². The van der Waals surface area contributed by atoms with Crippen molar-refractivity contribution in [2.45, 2.75) is 25.7 Å². The smallest absolute Gasteiger partial charge is 0.225 e. The maximum Gasteiger partial charge on any atom is 0.225 e. The minimum Gasteiger partial charge on any atom is -0.408 e. The van der Waals surface area contributed by atoms with Gasteiger partial charge in [0.2, 0.25) is 5.95 Å². The third-order valence-corrected chi connectivity index (χ3v) is 7.42. The molecule has 1 fully saturated rings. The molecule has 3 aromatic carbocycles. The van der Waals surface area contributed by atoms with Crippen LogP contribution in [-0.2, 0) is 0 Å². The molecule has 0 saturated heterocycles. The molecule has 0 radical (unpaired) electrons. The van der Waals surface area contributed by atoms with E-state index in [1.807, 2.05) is 30.3 Å². The summed E-state index contributed by atoms with van der Waals surface area (Å²) in [4.78, 5) is 17.5. The predicted molar refractivity (Wildman–Crippen MR) is 156 cm³/mol. The van der Waals surface area contributed by atoms with E-state index in [-0.39, 0.29) is 6.61 Å². The summed E-state index contributed by atoms with van der Waals surface area (Å²) in [5.41, 5.74) is 5.33. The lowest BCUT2D eigenvalue weighted by Crippen LogP contribution is -2.30. The van der Waals surface area contributed by atoms with Gasteiger partial charge in [0.15, 0.2) is 5.75 Å². The lowest BCUT2D eigenvalue weighted by atomic mass is 9.82. The second kappa shape index (κ2) is 12.3. The van der Waals surface area contributed by atoms with Crippen molar-refractivity contribution in [3.05, 3.63) is 60.7 Å². The van der Waals surface area contributed by atoms with Crippen LogP contribution in [-0.4, -0.2) is 55.4 Å². The van der Waals surface area contributed by atoms with Gasteiger partial charge in [-0.2, -0.15) is 10.5 Å². The molecule has 1 aliphatic carbocycles. The van der Waals surface area contributed by atoms with Gasteiger partial charge in [-0.1, -0.05) is 36.4 Å². The summed E-state index contributed by atoms with van der Waals surface area (Å²) in [7, 11) is 4.13. The van der Waals surface area contributed by atoms with Gasteiger partial charge in [0, 0.05) is 55.6 Å². The van der Waals surface area contributed by atoms with Gasteiger partial charge in [-0.05, 0) is 61.8 Å². The first-order valence-electron chi connectivity index (χ1n) is 13.6. The third kappa shape index (κ3) is 6.09. The number of rotatable bonds is 11. The minimum absolute atomic E-state index is 0.0591. The highest BCUT2D eigenvalue weighted by Crippen LogP contribution is 2.32. The van der Waals surface area contributed by atoms with E-state index in [0.717, 1.165) is 40.9 Å². The van der Waals surface area contributed by atoms with Crippen LogP contribution in [0.25, 0.3) is 21.7 Å². The molecule has 0 aliphatic heterocycles. The zero-order chi connectivity index (χ0) is 26.3. The fourth-order valence-electron chi connectivity index (χ4n) is 5.32. The Morgan fingerprint density at radius 1 is 0.816 bits per heavy atom. The highest BCUT2D eigenvalue weighted by molar-refractivity contribution is 5.97. The highest BCUT2D eigenvalue weighted by atomic mass is 16.6. The summed E-state index contributed by atoms with van der Waals surface area (Å²) >= 11 is 0. The molecule has 8 nitrogen and oxygen atoms in total. The standard InChI is InChI=1S/C30H38N6O2/c1-36(2)27-11-5-9-24-23(27)8-6-12-28(24)38-33-20-22-15-13-21(14-16-22)19-32-30-34-26-10-4-3-7-25(26)29(35-30)31-17-18-37/h3-12,21-22,33,37H,13-20H2,1-2H3,(H2,31,32,34,35). The van der Waals surface area contributed by atoms with Crippen molar-refractivity contribution in [1.82, 2.24) is 15.4 Å². The molecule has 38 heavy (non-hydrogen) atoms. The van der Waals surface area contributed by atoms with Gasteiger partial charge in [0.05, 0.1) is 12.1 Å². The van der Waals surface area contributed by atoms with Crippen molar-refractivity contribution < 1.29 is 9.94 Å². The zero-order valence-electron chi connectivity index (χ0n) is 22.3. The number of hydrogen-bond acceptors (Lipinski definition) is 8. The molecule has 8 heteroatoms. The van der Waals surface area contributed by atoms with Crippen LogP contribution in [0.1, 0.15) is 25.7 Å². The first-order chi connectivity index (χ1) is 18.6. The van der Waals surface area contributed by atoms with Crippen LogP contribution in [0.5, 0.6) is 5.75 Å². The Bertz CT molecular complexity index is 1350. The zero-order valence-corrected chi connectivity index (χ0v) is 22.3. The summed E-state index contributed by atoms with van der Waals surface area (Å²) in [5.74, 6) is 3.45. The predicted octanol–water partition coefficient (Wildman–Crippen LogP) is 5.06. The second-order valence-electron chi connectivity index (χ2n) is 10.3. The molecule has 0 atom stereocenters. The van der Waals surface area contributed by atoms with E-state index in [0.29, 0.717) is 24.3 Å². The number of fused-ring (bicyclic) bond motifs is 2. The van der Waals surface area contributed by atoms with Crippen molar-refractivity contribution >= 4 is 39.1 Å². The fourth-order valence-corrected chi connectivity index (χ4v) is 5.32. The molecule has 1 saturated carbocycles. The number of nitrogens with one attached hydrogen (secondary N) is 3. The lowest BCUT2D eigenvalue weighted by Gasteiger charge is -2.28. The summed E-state index contributed by atoms with van der Waals surface area (Å²) in [6, 6.07) is 20.5. The summed E-state index contributed by atoms with van der Waals surface area (Å²) in [6.07, 6.45) is 4.68. The monoisotopic (exact) mass is 514 g/mol. The average molecular weight is 515 g/mol. The Morgan fingerprint density at radius 2 is 1.53 bits per heavy atom. The van der Waals surface area contributed by atoms with Gasteiger partial charge in [0.1, 0.15) is 5.82 Å².